The lowest BCUT2D eigenvalue weighted by molar-refractivity contribution is -0.143. The molecule has 136 valence electrons. The molecule has 3 rings (SSSR count). The second kappa shape index (κ2) is 7.76. The van der Waals surface area contributed by atoms with Crippen LogP contribution < -0.4 is 14.8 Å². The summed E-state index contributed by atoms with van der Waals surface area (Å²) in [4.78, 5) is 26.4. The molecule has 2 aliphatic heterocycles. The first-order valence-electron chi connectivity index (χ1n) is 8.99. The molecule has 0 saturated carbocycles. The van der Waals surface area contributed by atoms with Crippen LogP contribution in [0.3, 0.4) is 0 Å². The number of carbonyl (C=O) groups excluding carboxylic acids is 2. The van der Waals surface area contributed by atoms with Gasteiger partial charge in [0.2, 0.25) is 12.0 Å². The number of ether oxygens (including phenoxy) is 2. The Balaban J connectivity index is 1.55. The van der Waals surface area contributed by atoms with Gasteiger partial charge in [-0.3, -0.25) is 9.59 Å². The number of nitrogens with zero attached hydrogens (tertiary/aromatic N) is 1. The van der Waals surface area contributed by atoms with Crippen molar-refractivity contribution in [1.82, 2.24) is 10.2 Å². The molecule has 2 heterocycles. The Morgan fingerprint density at radius 1 is 1.28 bits per heavy atom. The standard InChI is InChI=1S/C19H26N2O4/c1-13(2)18(22)20-10-14-6-5-9-21(11-14)19(23)17-12-24-15-7-3-4-8-16(15)25-17/h3-4,7-8,13-14,17H,5-6,9-12H2,1-2H3,(H,20,22)/t14-,17-/m0/s1. The first-order chi connectivity index (χ1) is 12.0. The first kappa shape index (κ1) is 17.6. The number of piperidine rings is 1. The molecule has 1 aromatic carbocycles. The highest BCUT2D eigenvalue weighted by molar-refractivity contribution is 5.82. The van der Waals surface area contributed by atoms with Crippen molar-refractivity contribution in [3.63, 3.8) is 0 Å². The van der Waals surface area contributed by atoms with Gasteiger partial charge in [-0.15, -0.1) is 0 Å². The summed E-state index contributed by atoms with van der Waals surface area (Å²) in [6.07, 6.45) is 1.37. The van der Waals surface area contributed by atoms with Gasteiger partial charge in [0.15, 0.2) is 11.5 Å². The van der Waals surface area contributed by atoms with E-state index in [1.165, 1.54) is 0 Å². The summed E-state index contributed by atoms with van der Waals surface area (Å²) >= 11 is 0. The van der Waals surface area contributed by atoms with Crippen molar-refractivity contribution in [2.45, 2.75) is 32.8 Å². The predicted octanol–water partition coefficient (Wildman–Crippen LogP) is 1.84. The van der Waals surface area contributed by atoms with Gasteiger partial charge in [-0.2, -0.15) is 0 Å². The van der Waals surface area contributed by atoms with Crippen molar-refractivity contribution in [3.05, 3.63) is 24.3 Å². The number of benzene rings is 1. The summed E-state index contributed by atoms with van der Waals surface area (Å²) in [6, 6.07) is 7.40. The van der Waals surface area contributed by atoms with E-state index in [0.29, 0.717) is 24.6 Å². The number of hydrogen-bond acceptors (Lipinski definition) is 4. The van der Waals surface area contributed by atoms with Crippen LogP contribution in [0, 0.1) is 11.8 Å². The van der Waals surface area contributed by atoms with Gasteiger partial charge < -0.3 is 19.7 Å². The summed E-state index contributed by atoms with van der Waals surface area (Å²) in [7, 11) is 0. The third kappa shape index (κ3) is 4.24. The van der Waals surface area contributed by atoms with Gasteiger partial charge >= 0.3 is 0 Å². The lowest BCUT2D eigenvalue weighted by Crippen LogP contribution is -2.51. The molecule has 0 unspecified atom stereocenters. The van der Waals surface area contributed by atoms with Crippen molar-refractivity contribution in [1.29, 1.82) is 0 Å². The van der Waals surface area contributed by atoms with Crippen molar-refractivity contribution >= 4 is 11.8 Å². The number of amides is 2. The average molecular weight is 346 g/mol. The minimum absolute atomic E-state index is 0.0193. The molecule has 2 amide bonds. The van der Waals surface area contributed by atoms with E-state index in [2.05, 4.69) is 5.32 Å². The van der Waals surface area contributed by atoms with Crippen LogP contribution in [0.15, 0.2) is 24.3 Å². The van der Waals surface area contributed by atoms with E-state index >= 15 is 0 Å². The third-order valence-corrected chi connectivity index (χ3v) is 4.70. The first-order valence-corrected chi connectivity index (χ1v) is 8.99. The monoisotopic (exact) mass is 346 g/mol. The lowest BCUT2D eigenvalue weighted by Gasteiger charge is -2.36. The molecule has 2 atom stereocenters. The SMILES string of the molecule is CC(C)C(=O)NC[C@@H]1CCCN(C(=O)[C@@H]2COc3ccccc3O2)C1. The molecule has 0 aromatic heterocycles. The Hall–Kier alpha value is -2.24. The normalized spacial score (nSPS) is 22.6. The fourth-order valence-electron chi connectivity index (χ4n) is 3.23. The fourth-order valence-corrected chi connectivity index (χ4v) is 3.23. The minimum Gasteiger partial charge on any atom is -0.485 e. The van der Waals surface area contributed by atoms with Crippen LogP contribution in [-0.4, -0.2) is 49.1 Å². The average Bonchev–Trinajstić information content (AvgIpc) is 2.65. The molecule has 6 heteroatoms. The molecule has 2 aliphatic rings. The van der Waals surface area contributed by atoms with E-state index in [1.54, 1.807) is 0 Å². The number of para-hydroxylation sites is 2. The van der Waals surface area contributed by atoms with Crippen molar-refractivity contribution in [3.8, 4) is 11.5 Å². The summed E-state index contributed by atoms with van der Waals surface area (Å²) < 4.78 is 11.5. The van der Waals surface area contributed by atoms with Crippen LogP contribution in [0.4, 0.5) is 0 Å². The van der Waals surface area contributed by atoms with Crippen LogP contribution in [0.25, 0.3) is 0 Å². The Morgan fingerprint density at radius 3 is 2.80 bits per heavy atom. The molecule has 1 aromatic rings. The van der Waals surface area contributed by atoms with Gasteiger partial charge in [0, 0.05) is 25.6 Å². The summed E-state index contributed by atoms with van der Waals surface area (Å²) in [5.41, 5.74) is 0. The molecular formula is C19H26N2O4. The molecule has 6 nitrogen and oxygen atoms in total. The number of likely N-dealkylation sites (tertiary alicyclic amines) is 1. The minimum atomic E-state index is -0.598. The Labute approximate surface area is 148 Å². The van der Waals surface area contributed by atoms with E-state index in [0.717, 1.165) is 19.4 Å². The van der Waals surface area contributed by atoms with Gasteiger partial charge in [0.1, 0.15) is 6.61 Å². The Kier molecular flexibility index (Phi) is 5.46. The van der Waals surface area contributed by atoms with Gasteiger partial charge in [0.05, 0.1) is 0 Å². The van der Waals surface area contributed by atoms with Gasteiger partial charge in [-0.05, 0) is 30.9 Å². The summed E-state index contributed by atoms with van der Waals surface area (Å²) in [6.45, 7) is 6.00. The number of nitrogens with one attached hydrogen (secondary N) is 1. The van der Waals surface area contributed by atoms with Gasteiger partial charge in [0.25, 0.3) is 5.91 Å². The largest absolute Gasteiger partial charge is 0.485 e. The van der Waals surface area contributed by atoms with E-state index in [1.807, 2.05) is 43.0 Å². The molecule has 1 saturated heterocycles. The van der Waals surface area contributed by atoms with Gasteiger partial charge in [-0.1, -0.05) is 26.0 Å². The topological polar surface area (TPSA) is 67.9 Å². The molecule has 0 bridgehead atoms. The molecule has 0 spiro atoms. The maximum Gasteiger partial charge on any atom is 0.267 e. The fraction of sp³-hybridized carbons (Fsp3) is 0.579. The highest BCUT2D eigenvalue weighted by Gasteiger charge is 2.33. The highest BCUT2D eigenvalue weighted by atomic mass is 16.6. The zero-order chi connectivity index (χ0) is 17.8. The molecule has 1 N–H and O–H groups in total. The molecule has 1 fully saturated rings. The van der Waals surface area contributed by atoms with Crippen molar-refractivity contribution in [2.24, 2.45) is 11.8 Å². The molecule has 25 heavy (non-hydrogen) atoms. The van der Waals surface area contributed by atoms with Gasteiger partial charge in [-0.25, -0.2) is 0 Å². The predicted molar refractivity (Wildman–Crippen MR) is 93.5 cm³/mol. The van der Waals surface area contributed by atoms with E-state index in [9.17, 15) is 9.59 Å². The lowest BCUT2D eigenvalue weighted by atomic mass is 9.97. The molecular weight excluding hydrogens is 320 g/mol. The Bertz CT molecular complexity index is 632. The Morgan fingerprint density at radius 2 is 2.04 bits per heavy atom. The summed E-state index contributed by atoms with van der Waals surface area (Å²) in [5, 5.41) is 2.97. The second-order valence-corrected chi connectivity index (χ2v) is 7.06. The highest BCUT2D eigenvalue weighted by Crippen LogP contribution is 2.31. The van der Waals surface area contributed by atoms with Crippen LogP contribution in [0.1, 0.15) is 26.7 Å². The number of hydrogen-bond donors (Lipinski definition) is 1. The van der Waals surface area contributed by atoms with Crippen LogP contribution >= 0.6 is 0 Å². The van der Waals surface area contributed by atoms with Crippen molar-refractivity contribution in [2.75, 3.05) is 26.2 Å². The zero-order valence-corrected chi connectivity index (χ0v) is 14.9. The van der Waals surface area contributed by atoms with E-state index in [-0.39, 0.29) is 30.3 Å². The maximum atomic E-state index is 12.8. The smallest absolute Gasteiger partial charge is 0.267 e. The number of rotatable bonds is 4. The number of carbonyl (C=O) groups is 2. The van der Waals surface area contributed by atoms with Crippen LogP contribution in [0.2, 0.25) is 0 Å². The van der Waals surface area contributed by atoms with E-state index in [4.69, 9.17) is 9.47 Å². The quantitative estimate of drug-likeness (QED) is 0.903. The van der Waals surface area contributed by atoms with E-state index < -0.39 is 6.10 Å². The number of fused-ring (bicyclic) bond motifs is 1. The van der Waals surface area contributed by atoms with Crippen molar-refractivity contribution < 1.29 is 19.1 Å². The summed E-state index contributed by atoms with van der Waals surface area (Å²) in [5.74, 6) is 1.59. The zero-order valence-electron chi connectivity index (χ0n) is 14.9. The van der Waals surface area contributed by atoms with Crippen LogP contribution in [-0.2, 0) is 9.59 Å². The molecule has 0 aliphatic carbocycles. The molecule has 0 radical (unpaired) electrons. The second-order valence-electron chi connectivity index (χ2n) is 7.06. The third-order valence-electron chi connectivity index (χ3n) is 4.70. The van der Waals surface area contributed by atoms with Crippen LogP contribution in [0.5, 0.6) is 11.5 Å². The maximum absolute atomic E-state index is 12.8.